The van der Waals surface area contributed by atoms with Crippen molar-refractivity contribution >= 4 is 11.9 Å². The Hall–Kier alpha value is -3.10. The van der Waals surface area contributed by atoms with Gasteiger partial charge in [-0.1, -0.05) is 36.4 Å². The van der Waals surface area contributed by atoms with Gasteiger partial charge in [0.1, 0.15) is 0 Å². The molecule has 0 aliphatic carbocycles. The first-order valence-electron chi connectivity index (χ1n) is 10.6. The molecule has 0 aromatic heterocycles. The molecular weight excluding hydrogens is 396 g/mol. The summed E-state index contributed by atoms with van der Waals surface area (Å²) in [5, 5.41) is 5.18. The van der Waals surface area contributed by atoms with Crippen molar-refractivity contribution in [1.82, 2.24) is 20.4 Å². The molecular formula is C23H28N4O4. The van der Waals surface area contributed by atoms with E-state index in [0.717, 1.165) is 49.8 Å². The second-order valence-electron chi connectivity index (χ2n) is 7.83. The summed E-state index contributed by atoms with van der Waals surface area (Å²) in [5.74, 6) is 1.31. The van der Waals surface area contributed by atoms with E-state index in [9.17, 15) is 9.59 Å². The summed E-state index contributed by atoms with van der Waals surface area (Å²) in [6.45, 7) is 6.57. The van der Waals surface area contributed by atoms with Gasteiger partial charge in [-0.3, -0.25) is 19.9 Å². The molecule has 164 valence electrons. The number of fused-ring (bicyclic) bond motifs is 1. The number of nitrogens with one attached hydrogen (secondary N) is 2. The predicted octanol–water partition coefficient (Wildman–Crippen LogP) is 1.95. The Balaban J connectivity index is 1.20. The molecule has 2 aliphatic heterocycles. The summed E-state index contributed by atoms with van der Waals surface area (Å²) in [4.78, 5) is 29.0. The Labute approximate surface area is 182 Å². The van der Waals surface area contributed by atoms with Crippen LogP contribution >= 0.6 is 0 Å². The average molecular weight is 425 g/mol. The van der Waals surface area contributed by atoms with Crippen LogP contribution in [0.25, 0.3) is 0 Å². The second kappa shape index (κ2) is 9.80. The maximum Gasteiger partial charge on any atom is 0.321 e. The summed E-state index contributed by atoms with van der Waals surface area (Å²) < 4.78 is 10.8. The molecule has 2 N–H and O–H groups in total. The first-order chi connectivity index (χ1) is 15.1. The number of amides is 3. The van der Waals surface area contributed by atoms with E-state index in [0.29, 0.717) is 6.54 Å². The topological polar surface area (TPSA) is 83.1 Å². The monoisotopic (exact) mass is 424 g/mol. The molecule has 3 amide bonds. The highest BCUT2D eigenvalue weighted by Gasteiger charge is 2.26. The summed E-state index contributed by atoms with van der Waals surface area (Å²) in [5.41, 5.74) is 2.16. The molecule has 0 radical (unpaired) electrons. The van der Waals surface area contributed by atoms with Gasteiger partial charge >= 0.3 is 6.03 Å². The third kappa shape index (κ3) is 5.53. The molecule has 2 heterocycles. The number of hydrogen-bond donors (Lipinski definition) is 2. The highest BCUT2D eigenvalue weighted by molar-refractivity contribution is 5.96. The Morgan fingerprint density at radius 3 is 2.48 bits per heavy atom. The van der Waals surface area contributed by atoms with Gasteiger partial charge in [0.25, 0.3) is 0 Å². The maximum atomic E-state index is 12.5. The minimum absolute atomic E-state index is 0.279. The number of carbonyl (C=O) groups is 2. The van der Waals surface area contributed by atoms with Crippen LogP contribution in [0.5, 0.6) is 11.5 Å². The first-order valence-corrected chi connectivity index (χ1v) is 10.6. The molecule has 2 aromatic carbocycles. The molecule has 1 saturated heterocycles. The van der Waals surface area contributed by atoms with Crippen molar-refractivity contribution < 1.29 is 19.1 Å². The molecule has 0 saturated carbocycles. The molecule has 8 heteroatoms. The largest absolute Gasteiger partial charge is 0.454 e. The fourth-order valence-electron chi connectivity index (χ4n) is 3.81. The zero-order chi connectivity index (χ0) is 21.6. The zero-order valence-corrected chi connectivity index (χ0v) is 17.7. The van der Waals surface area contributed by atoms with E-state index >= 15 is 0 Å². The van der Waals surface area contributed by atoms with Crippen LogP contribution in [0.15, 0.2) is 48.5 Å². The van der Waals surface area contributed by atoms with Gasteiger partial charge in [-0.15, -0.1) is 0 Å². The molecule has 2 aromatic rings. The Kier molecular flexibility index (Phi) is 6.69. The number of hydrogen-bond acceptors (Lipinski definition) is 6. The number of piperazine rings is 1. The van der Waals surface area contributed by atoms with Crippen LogP contribution in [-0.4, -0.2) is 60.8 Å². The fourth-order valence-corrected chi connectivity index (χ4v) is 3.81. The Bertz CT molecular complexity index is 913. The zero-order valence-electron chi connectivity index (χ0n) is 17.7. The number of urea groups is 1. The summed E-state index contributed by atoms with van der Waals surface area (Å²) in [6, 6.07) is 14.8. The molecule has 31 heavy (non-hydrogen) atoms. The van der Waals surface area contributed by atoms with Gasteiger partial charge < -0.3 is 14.8 Å². The van der Waals surface area contributed by atoms with Crippen molar-refractivity contribution in [2.24, 2.45) is 0 Å². The molecule has 4 rings (SSSR count). The van der Waals surface area contributed by atoms with Crippen LogP contribution in [0.2, 0.25) is 0 Å². The van der Waals surface area contributed by atoms with Crippen LogP contribution in [0.3, 0.4) is 0 Å². The molecule has 0 spiro atoms. The van der Waals surface area contributed by atoms with Crippen LogP contribution in [-0.2, 0) is 17.9 Å². The van der Waals surface area contributed by atoms with E-state index in [1.54, 1.807) is 0 Å². The van der Waals surface area contributed by atoms with Crippen molar-refractivity contribution in [3.8, 4) is 11.5 Å². The number of imide groups is 1. The van der Waals surface area contributed by atoms with E-state index in [-0.39, 0.29) is 18.7 Å². The number of ether oxygens (including phenoxy) is 2. The molecule has 1 atom stereocenters. The van der Waals surface area contributed by atoms with E-state index < -0.39 is 6.03 Å². The first kappa shape index (κ1) is 21.1. The summed E-state index contributed by atoms with van der Waals surface area (Å²) in [6.07, 6.45) is 0. The van der Waals surface area contributed by atoms with Crippen LogP contribution < -0.4 is 20.1 Å². The Morgan fingerprint density at radius 1 is 0.968 bits per heavy atom. The number of benzene rings is 2. The van der Waals surface area contributed by atoms with Gasteiger partial charge in [0, 0.05) is 39.3 Å². The number of rotatable bonds is 6. The predicted molar refractivity (Wildman–Crippen MR) is 116 cm³/mol. The van der Waals surface area contributed by atoms with Crippen molar-refractivity contribution in [3.05, 3.63) is 59.7 Å². The maximum absolute atomic E-state index is 12.5. The molecule has 2 aliphatic rings. The SMILES string of the molecule is C[C@H](C(=O)NC(=O)NCc1ccccc1)N1CCN(Cc2ccc3c(c2)OCO3)CC1. The number of nitrogens with zero attached hydrogens (tertiary/aromatic N) is 2. The van der Waals surface area contributed by atoms with Crippen molar-refractivity contribution in [2.75, 3.05) is 33.0 Å². The van der Waals surface area contributed by atoms with Crippen LogP contribution in [0, 0.1) is 0 Å². The lowest BCUT2D eigenvalue weighted by atomic mass is 10.1. The van der Waals surface area contributed by atoms with E-state index in [4.69, 9.17) is 9.47 Å². The quantitative estimate of drug-likeness (QED) is 0.738. The molecule has 0 unspecified atom stereocenters. The van der Waals surface area contributed by atoms with Gasteiger partial charge in [0.15, 0.2) is 11.5 Å². The number of carbonyl (C=O) groups excluding carboxylic acids is 2. The van der Waals surface area contributed by atoms with Crippen LogP contribution in [0.4, 0.5) is 4.79 Å². The normalized spacial score (nSPS) is 17.2. The summed E-state index contributed by atoms with van der Waals surface area (Å²) >= 11 is 0. The fraction of sp³-hybridized carbons (Fsp3) is 0.391. The van der Waals surface area contributed by atoms with E-state index in [1.807, 2.05) is 49.4 Å². The van der Waals surface area contributed by atoms with Crippen LogP contribution in [0.1, 0.15) is 18.1 Å². The second-order valence-corrected chi connectivity index (χ2v) is 7.83. The lowest BCUT2D eigenvalue weighted by molar-refractivity contribution is -0.125. The third-order valence-electron chi connectivity index (χ3n) is 5.71. The van der Waals surface area contributed by atoms with Gasteiger partial charge in [-0.2, -0.15) is 0 Å². The highest BCUT2D eigenvalue weighted by atomic mass is 16.7. The van der Waals surface area contributed by atoms with E-state index in [1.165, 1.54) is 5.56 Å². The minimum Gasteiger partial charge on any atom is -0.454 e. The molecule has 8 nitrogen and oxygen atoms in total. The Morgan fingerprint density at radius 2 is 1.71 bits per heavy atom. The lowest BCUT2D eigenvalue weighted by Gasteiger charge is -2.37. The third-order valence-corrected chi connectivity index (χ3v) is 5.71. The van der Waals surface area contributed by atoms with Gasteiger partial charge in [0.2, 0.25) is 12.7 Å². The van der Waals surface area contributed by atoms with E-state index in [2.05, 4.69) is 26.5 Å². The van der Waals surface area contributed by atoms with Gasteiger partial charge in [-0.05, 0) is 30.2 Å². The molecule has 1 fully saturated rings. The average Bonchev–Trinajstić information content (AvgIpc) is 3.26. The van der Waals surface area contributed by atoms with Crippen molar-refractivity contribution in [2.45, 2.75) is 26.1 Å². The minimum atomic E-state index is -0.470. The van der Waals surface area contributed by atoms with Gasteiger partial charge in [-0.25, -0.2) is 4.79 Å². The van der Waals surface area contributed by atoms with Crippen molar-refractivity contribution in [3.63, 3.8) is 0 Å². The van der Waals surface area contributed by atoms with Gasteiger partial charge in [0.05, 0.1) is 6.04 Å². The standard InChI is InChI=1S/C23H28N4O4/c1-17(22(28)25-23(29)24-14-18-5-3-2-4-6-18)27-11-9-26(10-12-27)15-19-7-8-20-21(13-19)31-16-30-20/h2-8,13,17H,9-12,14-16H2,1H3,(H2,24,25,28,29)/t17-/m1/s1. The smallest absolute Gasteiger partial charge is 0.321 e. The molecule has 0 bridgehead atoms. The highest BCUT2D eigenvalue weighted by Crippen LogP contribution is 2.32. The summed E-state index contributed by atoms with van der Waals surface area (Å²) in [7, 11) is 0. The van der Waals surface area contributed by atoms with Crippen molar-refractivity contribution in [1.29, 1.82) is 0 Å². The lowest BCUT2D eigenvalue weighted by Crippen LogP contribution is -2.55.